The highest BCUT2D eigenvalue weighted by molar-refractivity contribution is 6.05. The number of carbonyl (C=O) groups excluding carboxylic acids is 2. The molecular formula is C20H25NO3. The largest absolute Gasteiger partial charge is 0.491 e. The second-order valence-electron chi connectivity index (χ2n) is 7.08. The van der Waals surface area contributed by atoms with Gasteiger partial charge in [-0.3, -0.25) is 14.5 Å². The van der Waals surface area contributed by atoms with Gasteiger partial charge in [-0.1, -0.05) is 29.3 Å². The number of aryl methyl sites for hydroxylation is 2. The van der Waals surface area contributed by atoms with E-state index >= 15 is 0 Å². The van der Waals surface area contributed by atoms with Gasteiger partial charge in [0.2, 0.25) is 11.8 Å². The summed E-state index contributed by atoms with van der Waals surface area (Å²) >= 11 is 0. The quantitative estimate of drug-likeness (QED) is 0.629. The number of fused-ring (bicyclic) bond motifs is 1. The fraction of sp³-hybridized carbons (Fsp3) is 0.500. The van der Waals surface area contributed by atoms with Crippen molar-refractivity contribution >= 4 is 11.8 Å². The zero-order valence-corrected chi connectivity index (χ0v) is 14.9. The predicted molar refractivity (Wildman–Crippen MR) is 92.7 cm³/mol. The summed E-state index contributed by atoms with van der Waals surface area (Å²) in [7, 11) is 0. The molecule has 0 unspecified atom stereocenters. The number of rotatable bonds is 4. The van der Waals surface area contributed by atoms with Crippen molar-refractivity contribution < 1.29 is 14.3 Å². The summed E-state index contributed by atoms with van der Waals surface area (Å²) in [5, 5.41) is 0. The van der Waals surface area contributed by atoms with E-state index < -0.39 is 0 Å². The number of likely N-dealkylation sites (tertiary alicyclic amines) is 1. The van der Waals surface area contributed by atoms with E-state index in [-0.39, 0.29) is 23.7 Å². The molecule has 2 amide bonds. The molecule has 0 spiro atoms. The van der Waals surface area contributed by atoms with Crippen LogP contribution in [0, 0.1) is 25.7 Å². The van der Waals surface area contributed by atoms with Crippen LogP contribution in [0.5, 0.6) is 5.75 Å². The number of allylic oxidation sites excluding steroid dienone is 2. The number of ether oxygens (including phenoxy) is 1. The third kappa shape index (κ3) is 2.85. The number of nitrogens with zero attached hydrogens (tertiary/aromatic N) is 1. The van der Waals surface area contributed by atoms with Crippen molar-refractivity contribution in [1.29, 1.82) is 0 Å². The molecule has 4 heteroatoms. The minimum atomic E-state index is -0.165. The van der Waals surface area contributed by atoms with Crippen LogP contribution in [0.25, 0.3) is 0 Å². The Hall–Kier alpha value is -2.10. The molecule has 1 aliphatic heterocycles. The van der Waals surface area contributed by atoms with Crippen LogP contribution in [0.2, 0.25) is 0 Å². The second kappa shape index (κ2) is 6.42. The molecule has 0 bridgehead atoms. The van der Waals surface area contributed by atoms with Gasteiger partial charge in [0.05, 0.1) is 18.4 Å². The van der Waals surface area contributed by atoms with Gasteiger partial charge in [-0.05, 0) is 51.7 Å². The first-order chi connectivity index (χ1) is 11.4. The van der Waals surface area contributed by atoms with Gasteiger partial charge < -0.3 is 4.74 Å². The van der Waals surface area contributed by atoms with Gasteiger partial charge in [-0.15, -0.1) is 0 Å². The van der Waals surface area contributed by atoms with Crippen LogP contribution in [0.1, 0.15) is 37.8 Å². The summed E-state index contributed by atoms with van der Waals surface area (Å²) in [5.41, 5.74) is 4.65. The molecule has 1 saturated heterocycles. The lowest BCUT2D eigenvalue weighted by Gasteiger charge is -2.23. The Bertz CT molecular complexity index is 667. The van der Waals surface area contributed by atoms with Crippen molar-refractivity contribution in [3.63, 3.8) is 0 Å². The first-order valence-corrected chi connectivity index (χ1v) is 8.59. The van der Waals surface area contributed by atoms with Gasteiger partial charge in [0.25, 0.3) is 0 Å². The lowest BCUT2D eigenvalue weighted by atomic mass is 9.78. The van der Waals surface area contributed by atoms with Crippen molar-refractivity contribution in [3.05, 3.63) is 40.5 Å². The first kappa shape index (κ1) is 16.7. The second-order valence-corrected chi connectivity index (χ2v) is 7.08. The van der Waals surface area contributed by atoms with Crippen molar-refractivity contribution in [2.24, 2.45) is 11.8 Å². The molecule has 4 nitrogen and oxygen atoms in total. The van der Waals surface area contributed by atoms with Crippen molar-refractivity contribution in [1.82, 2.24) is 4.90 Å². The summed E-state index contributed by atoms with van der Waals surface area (Å²) in [6, 6.07) is 5.99. The van der Waals surface area contributed by atoms with Crippen molar-refractivity contribution in [3.8, 4) is 5.75 Å². The lowest BCUT2D eigenvalue weighted by Crippen LogP contribution is -2.34. The van der Waals surface area contributed by atoms with Gasteiger partial charge in [0, 0.05) is 0 Å². The van der Waals surface area contributed by atoms with E-state index in [2.05, 4.69) is 13.8 Å². The van der Waals surface area contributed by atoms with Gasteiger partial charge in [0.1, 0.15) is 12.4 Å². The Morgan fingerprint density at radius 2 is 1.46 bits per heavy atom. The number of imide groups is 1. The number of hydrogen-bond acceptors (Lipinski definition) is 3. The molecule has 1 fully saturated rings. The molecule has 0 radical (unpaired) electrons. The number of amides is 2. The molecule has 3 rings (SSSR count). The molecule has 0 saturated carbocycles. The molecule has 0 N–H and O–H groups in total. The molecule has 128 valence electrons. The maximum absolute atomic E-state index is 12.6. The Kier molecular flexibility index (Phi) is 4.48. The number of hydrogen-bond donors (Lipinski definition) is 0. The molecule has 1 heterocycles. The van der Waals surface area contributed by atoms with Crippen LogP contribution < -0.4 is 4.74 Å². The lowest BCUT2D eigenvalue weighted by molar-refractivity contribution is -0.140. The minimum absolute atomic E-state index is 0.0260. The van der Waals surface area contributed by atoms with Crippen LogP contribution in [0.3, 0.4) is 0 Å². The smallest absolute Gasteiger partial charge is 0.233 e. The third-order valence-electron chi connectivity index (χ3n) is 5.40. The van der Waals surface area contributed by atoms with E-state index in [0.29, 0.717) is 13.2 Å². The summed E-state index contributed by atoms with van der Waals surface area (Å²) in [6.07, 6.45) is 1.44. The molecule has 0 aromatic heterocycles. The Morgan fingerprint density at radius 3 is 1.96 bits per heavy atom. The zero-order chi connectivity index (χ0) is 17.4. The van der Waals surface area contributed by atoms with Crippen LogP contribution in [-0.2, 0) is 9.59 Å². The van der Waals surface area contributed by atoms with E-state index in [1.54, 1.807) is 0 Å². The van der Waals surface area contributed by atoms with Crippen molar-refractivity contribution in [2.75, 3.05) is 13.2 Å². The van der Waals surface area contributed by atoms with Crippen molar-refractivity contribution in [2.45, 2.75) is 40.5 Å². The normalized spacial score (nSPS) is 23.8. The standard InChI is InChI=1S/C20H25NO3/c1-12-6-5-7-13(2)18(12)24-9-8-21-19(22)16-10-14(3)15(4)11-17(16)20(21)23/h5-7,16-17H,8-11H2,1-4H3/t16-,17-/m0/s1. The van der Waals surface area contributed by atoms with Crippen LogP contribution in [-0.4, -0.2) is 29.9 Å². The topological polar surface area (TPSA) is 46.6 Å². The maximum atomic E-state index is 12.6. The fourth-order valence-electron chi connectivity index (χ4n) is 3.81. The van der Waals surface area contributed by atoms with Gasteiger partial charge in [-0.2, -0.15) is 0 Å². The summed E-state index contributed by atoms with van der Waals surface area (Å²) in [4.78, 5) is 26.6. The van der Waals surface area contributed by atoms with Gasteiger partial charge in [0.15, 0.2) is 0 Å². The van der Waals surface area contributed by atoms with E-state index in [1.165, 1.54) is 16.0 Å². The average molecular weight is 327 g/mol. The predicted octanol–water partition coefficient (Wildman–Crippen LogP) is 3.41. The summed E-state index contributed by atoms with van der Waals surface area (Å²) in [5.74, 6) is 0.467. The maximum Gasteiger partial charge on any atom is 0.233 e. The SMILES string of the molecule is CC1=C(C)C[C@@H]2C(=O)N(CCOc3c(C)cccc3C)C(=O)[C@H]2C1. The summed E-state index contributed by atoms with van der Waals surface area (Å²) < 4.78 is 5.87. The zero-order valence-electron chi connectivity index (χ0n) is 14.9. The third-order valence-corrected chi connectivity index (χ3v) is 5.40. The van der Waals surface area contributed by atoms with E-state index in [9.17, 15) is 9.59 Å². The van der Waals surface area contributed by atoms with E-state index in [1.807, 2.05) is 32.0 Å². The van der Waals surface area contributed by atoms with E-state index in [0.717, 1.165) is 29.7 Å². The molecule has 1 aromatic carbocycles. The Balaban J connectivity index is 1.65. The first-order valence-electron chi connectivity index (χ1n) is 8.59. The highest BCUT2D eigenvalue weighted by atomic mass is 16.5. The fourth-order valence-corrected chi connectivity index (χ4v) is 3.81. The molecular weight excluding hydrogens is 302 g/mol. The molecule has 2 aliphatic rings. The number of benzene rings is 1. The average Bonchev–Trinajstić information content (AvgIpc) is 2.75. The Morgan fingerprint density at radius 1 is 0.958 bits per heavy atom. The van der Waals surface area contributed by atoms with Gasteiger partial charge in [-0.25, -0.2) is 0 Å². The Labute approximate surface area is 143 Å². The monoisotopic (exact) mass is 327 g/mol. The number of para-hydroxylation sites is 1. The molecule has 1 aliphatic carbocycles. The highest BCUT2D eigenvalue weighted by Gasteiger charge is 2.48. The number of carbonyl (C=O) groups is 2. The van der Waals surface area contributed by atoms with Crippen LogP contribution >= 0.6 is 0 Å². The van der Waals surface area contributed by atoms with Gasteiger partial charge >= 0.3 is 0 Å². The molecule has 24 heavy (non-hydrogen) atoms. The van der Waals surface area contributed by atoms with Crippen LogP contribution in [0.4, 0.5) is 0 Å². The van der Waals surface area contributed by atoms with E-state index in [4.69, 9.17) is 4.74 Å². The summed E-state index contributed by atoms with van der Waals surface area (Å²) in [6.45, 7) is 8.80. The molecule has 2 atom stereocenters. The highest BCUT2D eigenvalue weighted by Crippen LogP contribution is 2.40. The minimum Gasteiger partial charge on any atom is -0.491 e. The van der Waals surface area contributed by atoms with Crippen LogP contribution in [0.15, 0.2) is 29.3 Å². The molecule has 1 aromatic rings.